The molecule has 0 aliphatic heterocycles. The first-order chi connectivity index (χ1) is 17.1. The molecule has 2 aromatic rings. The molecule has 196 valence electrons. The van der Waals surface area contributed by atoms with E-state index in [-0.39, 0.29) is 44.1 Å². The number of nitrogens with zero attached hydrogens (tertiary/aromatic N) is 3. The molecule has 0 saturated heterocycles. The van der Waals surface area contributed by atoms with Crippen LogP contribution in [0.25, 0.3) is 0 Å². The maximum absolute atomic E-state index is 13.7. The van der Waals surface area contributed by atoms with Crippen molar-refractivity contribution in [1.29, 1.82) is 0 Å². The average molecular weight is 632 g/mol. The van der Waals surface area contributed by atoms with Crippen molar-refractivity contribution in [2.24, 2.45) is 31.3 Å². The summed E-state index contributed by atoms with van der Waals surface area (Å²) in [7, 11) is 1.89. The van der Waals surface area contributed by atoms with Crippen molar-refractivity contribution >= 4 is 35.1 Å². The van der Waals surface area contributed by atoms with Crippen LogP contribution < -0.4 is 49.3 Å². The van der Waals surface area contributed by atoms with Gasteiger partial charge in [-0.1, -0.05) is 11.6 Å². The molecule has 13 heteroatoms. The number of benzene rings is 2. The first kappa shape index (κ1) is 27.7. The number of aliphatic hydroxyl groups is 1. The number of rotatable bonds is 9. The summed E-state index contributed by atoms with van der Waals surface area (Å²) in [6.45, 7) is 0.880. The summed E-state index contributed by atoms with van der Waals surface area (Å²) < 4.78 is 18.1. The summed E-state index contributed by atoms with van der Waals surface area (Å²) in [5.74, 6) is -1.01. The van der Waals surface area contributed by atoms with Crippen LogP contribution in [0, 0.1) is 11.7 Å². The van der Waals surface area contributed by atoms with Crippen molar-refractivity contribution < 1.29 is 35.8 Å². The van der Waals surface area contributed by atoms with Crippen LogP contribution in [0.5, 0.6) is 0 Å². The minimum Gasteiger partial charge on any atom is -0.366 e. The first-order valence-corrected chi connectivity index (χ1v) is 14.5. The summed E-state index contributed by atoms with van der Waals surface area (Å²) in [6.07, 6.45) is -0.986. The van der Waals surface area contributed by atoms with Crippen LogP contribution in [0.1, 0.15) is 22.7 Å². The molecule has 9 N–H and O–H groups in total. The van der Waals surface area contributed by atoms with Gasteiger partial charge in [-0.3, -0.25) is 0 Å². The molecule has 3 rings (SSSR count). The number of nitrogens with one attached hydrogen (secondary N) is 2. The van der Waals surface area contributed by atoms with Gasteiger partial charge in [-0.05, 0) is 18.2 Å². The van der Waals surface area contributed by atoms with E-state index in [1.54, 1.807) is 0 Å². The quantitative estimate of drug-likeness (QED) is 0.0606. The van der Waals surface area contributed by atoms with Crippen LogP contribution in [0.2, 0.25) is 5.02 Å². The van der Waals surface area contributed by atoms with Crippen LogP contribution in [-0.4, -0.2) is 52.6 Å². The molecule has 36 heavy (non-hydrogen) atoms. The fourth-order valence-corrected chi connectivity index (χ4v) is 5.01. The van der Waals surface area contributed by atoms with Crippen LogP contribution >= 0.6 is 11.6 Å². The van der Waals surface area contributed by atoms with E-state index in [4.69, 9.17) is 28.8 Å². The molecule has 0 bridgehead atoms. The van der Waals surface area contributed by atoms with Crippen molar-refractivity contribution in [3.8, 4) is 0 Å². The van der Waals surface area contributed by atoms with Gasteiger partial charge in [-0.2, -0.15) is 0 Å². The number of alkyl halides is 1. The van der Waals surface area contributed by atoms with Crippen LogP contribution in [0.3, 0.4) is 0 Å². The molecule has 0 aromatic heterocycles. The Morgan fingerprint density at radius 2 is 2.06 bits per heavy atom. The molecule has 1 amide bonds. The van der Waals surface area contributed by atoms with Gasteiger partial charge in [0.25, 0.3) is 0 Å². The molecule has 3 atom stereocenters. The Hall–Kier alpha value is -2.84. The zero-order chi connectivity index (χ0) is 26.4. The molecule has 1 aliphatic carbocycles. The van der Waals surface area contributed by atoms with Gasteiger partial charge in [-0.25, -0.2) is 4.39 Å². The van der Waals surface area contributed by atoms with Crippen molar-refractivity contribution in [3.05, 3.63) is 63.9 Å². The predicted molar refractivity (Wildman–Crippen MR) is 135 cm³/mol. The number of carbonyl (C=O) groups is 1. The normalized spacial score (nSPS) is 17.9. The number of hydrogen-bond acceptors (Lipinski definition) is 5. The number of nitrogens with two attached hydrogens (primary N) is 3. The third kappa shape index (κ3) is 7.11. The number of carbonyl (C=O) groups excluding carboxylic acids is 1. The smallest absolute Gasteiger partial charge is 0.366 e. The molecule has 10 nitrogen and oxygen atoms in total. The van der Waals surface area contributed by atoms with E-state index in [0.717, 1.165) is 22.8 Å². The van der Waals surface area contributed by atoms with Gasteiger partial charge in [0.1, 0.15) is 5.82 Å². The molecular formula is C23H30ClFIN8O2-. The number of aliphatic imine (C=N–C) groups is 1. The molecule has 0 radical (unpaired) electrons. The number of amides is 1. The predicted octanol–water partition coefficient (Wildman–Crippen LogP) is -2.11. The zero-order valence-corrected chi connectivity index (χ0v) is 22.8. The van der Waals surface area contributed by atoms with Crippen molar-refractivity contribution in [2.45, 2.75) is 25.2 Å². The Balaban J connectivity index is 1.77. The molecule has 0 saturated carbocycles. The zero-order valence-electron chi connectivity index (χ0n) is 19.9. The summed E-state index contributed by atoms with van der Waals surface area (Å²) >= 11 is 5.38. The Morgan fingerprint density at radius 1 is 1.31 bits per heavy atom. The van der Waals surface area contributed by atoms with E-state index < -0.39 is 24.0 Å². The number of fused-ring (bicyclic) bond motifs is 1. The minimum absolute atomic E-state index is 0.0432. The van der Waals surface area contributed by atoms with Gasteiger partial charge in [0.2, 0.25) is 0 Å². The minimum atomic E-state index is -1.62. The van der Waals surface area contributed by atoms with Crippen LogP contribution in [0.4, 0.5) is 10.1 Å². The van der Waals surface area contributed by atoms with Gasteiger partial charge < -0.3 is 21.9 Å². The topological polar surface area (TPSA) is 167 Å². The molecular weight excluding hydrogens is 602 g/mol. The summed E-state index contributed by atoms with van der Waals surface area (Å²) in [5.41, 5.74) is 20.3. The number of aliphatic hydroxyl groups excluding tert-OH is 1. The second-order valence-corrected chi connectivity index (χ2v) is 10.2. The van der Waals surface area contributed by atoms with E-state index >= 15 is 0 Å². The molecule has 1 aliphatic rings. The van der Waals surface area contributed by atoms with E-state index in [2.05, 4.69) is 24.9 Å². The van der Waals surface area contributed by atoms with Gasteiger partial charge in [0, 0.05) is 5.69 Å². The fourth-order valence-electron chi connectivity index (χ4n) is 4.03. The molecule has 0 spiro atoms. The molecule has 2 aromatic carbocycles. The molecule has 0 heterocycles. The second-order valence-electron chi connectivity index (χ2n) is 8.39. The standard InChI is InChI=1S/C23H30ClFIN8O2/c1-26-33-23(29)34(2)11-12-3-5-16-13(7-12)8-14(10-30-22(27)28)19(16)32-21(36)20(35)31-15-4-6-17(24)18(25)9-15/h3-7,9,14,19-20,31,35H,8,10-11H2,1-2H3,(H2,29,33)(H,32,36)(H4,27,28,30)/q-1/t14-,19-,20?/m1/s1. The summed E-state index contributed by atoms with van der Waals surface area (Å²) in [6, 6.07) is 9.46. The Kier molecular flexibility index (Phi) is 9.56. The van der Waals surface area contributed by atoms with Gasteiger partial charge in [-0.15, -0.1) is 0 Å². The van der Waals surface area contributed by atoms with E-state index in [9.17, 15) is 14.3 Å². The van der Waals surface area contributed by atoms with E-state index in [1.807, 2.05) is 29.0 Å². The number of anilines is 1. The second kappa shape index (κ2) is 12.4. The third-order valence-electron chi connectivity index (χ3n) is 5.76. The van der Waals surface area contributed by atoms with Crippen molar-refractivity contribution in [2.75, 3.05) is 23.8 Å². The Morgan fingerprint density at radius 3 is 2.72 bits per heavy atom. The van der Waals surface area contributed by atoms with Crippen molar-refractivity contribution in [3.63, 3.8) is 0 Å². The Labute approximate surface area is 224 Å². The monoisotopic (exact) mass is 631 g/mol. The Bertz CT molecular complexity index is 1160. The summed E-state index contributed by atoms with van der Waals surface area (Å²) in [4.78, 5) is 20.9. The van der Waals surface area contributed by atoms with Gasteiger partial charge in [0.05, 0.1) is 5.02 Å². The van der Waals surface area contributed by atoms with Crippen LogP contribution in [-0.2, 0) is 17.8 Å². The average Bonchev–Trinajstić information content (AvgIpc) is 3.16. The number of hydrogen-bond donors (Lipinski definition) is 6. The SMILES string of the molecule is C[I-]N=C(N)N(C)Cc1ccc2c(c1)C[C@H](CN=C(N)N)[C@H]2NC(=O)C(O)Nc1ccc(Cl)c(F)c1. The van der Waals surface area contributed by atoms with Gasteiger partial charge >= 0.3 is 153 Å². The third-order valence-corrected chi connectivity index (χ3v) is 7.04. The summed E-state index contributed by atoms with van der Waals surface area (Å²) in [5, 5.41) is 15.8. The number of guanidine groups is 2. The maximum atomic E-state index is 13.7. The molecule has 1 unspecified atom stereocenters. The van der Waals surface area contributed by atoms with Crippen LogP contribution in [0.15, 0.2) is 44.6 Å². The number of halogens is 3. The fraction of sp³-hybridized carbons (Fsp3) is 0.348. The van der Waals surface area contributed by atoms with Gasteiger partial charge in [0.15, 0.2) is 0 Å². The molecule has 0 fully saturated rings. The van der Waals surface area contributed by atoms with E-state index in [0.29, 0.717) is 25.5 Å². The van der Waals surface area contributed by atoms with E-state index in [1.165, 1.54) is 12.1 Å². The van der Waals surface area contributed by atoms with Crippen molar-refractivity contribution in [1.82, 2.24) is 10.2 Å². The first-order valence-electron chi connectivity index (χ1n) is 11.0.